The molecule has 6 nitrogen and oxygen atoms in total. The largest absolute Gasteiger partial charge is 0.462 e. The van der Waals surface area contributed by atoms with Crippen molar-refractivity contribution in [2.45, 2.75) is 341 Å². The van der Waals surface area contributed by atoms with Gasteiger partial charge in [0, 0.05) is 6.42 Å². The number of carbonyl (C=O) groups is 2. The number of rotatable bonds is 55. The molecule has 3 atom stereocenters. The lowest BCUT2D eigenvalue weighted by Gasteiger charge is -2.24. The summed E-state index contributed by atoms with van der Waals surface area (Å²) in [6.45, 7) is 6.51. The molecule has 0 fully saturated rings. The first-order chi connectivity index (χ1) is 33.5. The maximum Gasteiger partial charge on any atom is 0.306 e. The van der Waals surface area contributed by atoms with Gasteiger partial charge in [-0.25, -0.2) is 0 Å². The van der Waals surface area contributed by atoms with Gasteiger partial charge < -0.3 is 20.3 Å². The lowest BCUT2D eigenvalue weighted by molar-refractivity contribution is -0.151. The molecule has 0 aromatic carbocycles. The molecule has 0 radical (unpaired) electrons. The SMILES string of the molecule is CCCCCCCC/C=C/CCCCCCCCCC(CC(=O)NC(CO)C(O)CCCCCCCCCCCCCCCC)OC(=O)CCCCCCC/C=C/C=C/CCCCCCCCC. The van der Waals surface area contributed by atoms with Gasteiger partial charge in [0.2, 0.25) is 5.91 Å². The van der Waals surface area contributed by atoms with Crippen molar-refractivity contribution < 1.29 is 24.5 Å². The number of ether oxygens (including phenoxy) is 1. The molecule has 400 valence electrons. The number of aliphatic hydroxyl groups is 2. The fourth-order valence-electron chi connectivity index (χ4n) is 9.36. The first kappa shape index (κ1) is 66.1. The van der Waals surface area contributed by atoms with Gasteiger partial charge in [-0.3, -0.25) is 9.59 Å². The average Bonchev–Trinajstić information content (AvgIpc) is 3.33. The van der Waals surface area contributed by atoms with E-state index in [1.54, 1.807) is 0 Å². The molecule has 3 N–H and O–H groups in total. The second kappa shape index (κ2) is 56.0. The van der Waals surface area contributed by atoms with Crippen molar-refractivity contribution in [2.75, 3.05) is 6.61 Å². The molecular weight excluding hydrogens is 839 g/mol. The Kier molecular flexibility index (Phi) is 54.4. The first-order valence-corrected chi connectivity index (χ1v) is 30.2. The third-order valence-corrected chi connectivity index (χ3v) is 14.0. The molecule has 6 heteroatoms. The Morgan fingerprint density at radius 3 is 1.13 bits per heavy atom. The van der Waals surface area contributed by atoms with E-state index in [1.165, 1.54) is 212 Å². The Morgan fingerprint density at radius 2 is 0.750 bits per heavy atom. The Bertz CT molecular complexity index is 1120. The van der Waals surface area contributed by atoms with Crippen LogP contribution >= 0.6 is 0 Å². The lowest BCUT2D eigenvalue weighted by atomic mass is 10.0. The molecule has 0 aliphatic rings. The molecule has 0 spiro atoms. The van der Waals surface area contributed by atoms with Crippen LogP contribution in [-0.4, -0.2) is 46.9 Å². The zero-order valence-electron chi connectivity index (χ0n) is 45.8. The summed E-state index contributed by atoms with van der Waals surface area (Å²) in [6, 6.07) is -0.705. The number of carbonyl (C=O) groups excluding carboxylic acids is 2. The van der Waals surface area contributed by atoms with Gasteiger partial charge in [0.25, 0.3) is 0 Å². The van der Waals surface area contributed by atoms with Gasteiger partial charge in [0.15, 0.2) is 0 Å². The summed E-state index contributed by atoms with van der Waals surface area (Å²) in [5.41, 5.74) is 0. The predicted octanol–water partition coefficient (Wildman–Crippen LogP) is 18.8. The number of hydrogen-bond donors (Lipinski definition) is 3. The smallest absolute Gasteiger partial charge is 0.306 e. The molecule has 0 aromatic heterocycles. The minimum atomic E-state index is -0.791. The maximum atomic E-state index is 13.3. The molecule has 0 bridgehead atoms. The average molecular weight is 957 g/mol. The van der Waals surface area contributed by atoms with Gasteiger partial charge >= 0.3 is 5.97 Å². The normalized spacial score (nSPS) is 13.3. The summed E-state index contributed by atoms with van der Waals surface area (Å²) in [4.78, 5) is 26.3. The fraction of sp³-hybridized carbons (Fsp3) is 0.871. The second-order valence-corrected chi connectivity index (χ2v) is 20.8. The number of esters is 1. The van der Waals surface area contributed by atoms with Gasteiger partial charge in [0.1, 0.15) is 6.10 Å². The van der Waals surface area contributed by atoms with Crippen molar-refractivity contribution in [3.05, 3.63) is 36.5 Å². The topological polar surface area (TPSA) is 95.9 Å². The van der Waals surface area contributed by atoms with Crippen LogP contribution in [0.15, 0.2) is 36.5 Å². The predicted molar refractivity (Wildman–Crippen MR) is 296 cm³/mol. The standard InChI is InChI=1S/C62H117NO5/c1-4-7-10-13-16-19-22-25-28-30-32-34-37-40-43-46-49-52-55-62(67)68-58(53-50-47-44-41-38-35-33-31-29-26-23-20-17-14-11-8-5-2)56-61(66)63-59(57-64)60(65)54-51-48-45-42-39-36-27-24-21-18-15-12-9-6-3/h26,28-30,32,34,58-60,64-65H,4-25,27,31,33,35-57H2,1-3H3,(H,63,66)/b29-26+,30-28+,34-32+. The van der Waals surface area contributed by atoms with E-state index >= 15 is 0 Å². The van der Waals surface area contributed by atoms with Crippen LogP contribution in [0.5, 0.6) is 0 Å². The van der Waals surface area contributed by atoms with E-state index in [-0.39, 0.29) is 24.9 Å². The zero-order valence-corrected chi connectivity index (χ0v) is 45.8. The van der Waals surface area contributed by atoms with Crippen LogP contribution in [-0.2, 0) is 14.3 Å². The van der Waals surface area contributed by atoms with Crippen LogP contribution in [0.25, 0.3) is 0 Å². The molecule has 0 rings (SSSR count). The van der Waals surface area contributed by atoms with E-state index in [9.17, 15) is 19.8 Å². The van der Waals surface area contributed by atoms with Crippen molar-refractivity contribution in [1.29, 1.82) is 0 Å². The Morgan fingerprint density at radius 1 is 0.426 bits per heavy atom. The highest BCUT2D eigenvalue weighted by Crippen LogP contribution is 2.19. The van der Waals surface area contributed by atoms with Gasteiger partial charge in [-0.2, -0.15) is 0 Å². The number of amides is 1. The monoisotopic (exact) mass is 956 g/mol. The summed E-state index contributed by atoms with van der Waals surface area (Å²) in [6.07, 6.45) is 67.8. The Labute approximate surface area is 424 Å². The quantitative estimate of drug-likeness (QED) is 0.0244. The number of aliphatic hydroxyl groups excluding tert-OH is 2. The zero-order chi connectivity index (χ0) is 49.5. The molecule has 0 aromatic rings. The van der Waals surface area contributed by atoms with Gasteiger partial charge in [-0.05, 0) is 77.0 Å². The van der Waals surface area contributed by atoms with Crippen molar-refractivity contribution in [1.82, 2.24) is 5.32 Å². The van der Waals surface area contributed by atoms with Crippen LogP contribution in [0.3, 0.4) is 0 Å². The van der Waals surface area contributed by atoms with E-state index < -0.39 is 18.2 Å². The highest BCUT2D eigenvalue weighted by molar-refractivity contribution is 5.77. The molecule has 0 aliphatic heterocycles. The van der Waals surface area contributed by atoms with Crippen molar-refractivity contribution in [2.24, 2.45) is 0 Å². The second-order valence-electron chi connectivity index (χ2n) is 20.8. The summed E-state index contributed by atoms with van der Waals surface area (Å²) in [5, 5.41) is 23.9. The minimum absolute atomic E-state index is 0.0715. The van der Waals surface area contributed by atoms with Crippen LogP contribution < -0.4 is 5.32 Å². The summed E-state index contributed by atoms with van der Waals surface area (Å²) in [7, 11) is 0. The van der Waals surface area contributed by atoms with Gasteiger partial charge in [-0.1, -0.05) is 269 Å². The highest BCUT2D eigenvalue weighted by Gasteiger charge is 2.24. The van der Waals surface area contributed by atoms with Gasteiger partial charge in [0.05, 0.1) is 25.2 Å². The summed E-state index contributed by atoms with van der Waals surface area (Å²) in [5.74, 6) is -0.479. The minimum Gasteiger partial charge on any atom is -0.462 e. The number of nitrogens with one attached hydrogen (secondary N) is 1. The number of unbranched alkanes of at least 4 members (excludes halogenated alkanes) is 38. The molecule has 68 heavy (non-hydrogen) atoms. The van der Waals surface area contributed by atoms with E-state index in [0.717, 1.165) is 64.2 Å². The molecule has 0 heterocycles. The van der Waals surface area contributed by atoms with E-state index in [1.807, 2.05) is 0 Å². The molecule has 0 aliphatic carbocycles. The van der Waals surface area contributed by atoms with Crippen LogP contribution in [0.2, 0.25) is 0 Å². The molecule has 0 saturated carbocycles. The van der Waals surface area contributed by atoms with E-state index in [2.05, 4.69) is 62.5 Å². The Hall–Kier alpha value is -1.92. The van der Waals surface area contributed by atoms with Crippen molar-refractivity contribution in [3.8, 4) is 0 Å². The van der Waals surface area contributed by atoms with Crippen LogP contribution in [0.1, 0.15) is 323 Å². The van der Waals surface area contributed by atoms with Crippen molar-refractivity contribution >= 4 is 11.9 Å². The fourth-order valence-corrected chi connectivity index (χ4v) is 9.36. The lowest BCUT2D eigenvalue weighted by Crippen LogP contribution is -2.46. The molecular formula is C62H117NO5. The first-order valence-electron chi connectivity index (χ1n) is 30.2. The molecule has 0 saturated heterocycles. The van der Waals surface area contributed by atoms with E-state index in [0.29, 0.717) is 19.3 Å². The maximum absolute atomic E-state index is 13.3. The molecule has 3 unspecified atom stereocenters. The third-order valence-electron chi connectivity index (χ3n) is 14.0. The van der Waals surface area contributed by atoms with Crippen LogP contribution in [0.4, 0.5) is 0 Å². The van der Waals surface area contributed by atoms with Gasteiger partial charge in [-0.15, -0.1) is 0 Å². The number of hydrogen-bond acceptors (Lipinski definition) is 5. The summed E-state index contributed by atoms with van der Waals surface area (Å²) < 4.78 is 5.97. The van der Waals surface area contributed by atoms with Crippen molar-refractivity contribution in [3.63, 3.8) is 0 Å². The summed E-state index contributed by atoms with van der Waals surface area (Å²) >= 11 is 0. The third kappa shape index (κ3) is 50.5. The molecule has 1 amide bonds. The highest BCUT2D eigenvalue weighted by atomic mass is 16.5. The van der Waals surface area contributed by atoms with E-state index in [4.69, 9.17) is 4.74 Å². The van der Waals surface area contributed by atoms with Crippen LogP contribution in [0, 0.1) is 0 Å². The number of allylic oxidation sites excluding steroid dienone is 6. The Balaban J connectivity index is 4.57.